The van der Waals surface area contributed by atoms with Crippen LogP contribution in [0.5, 0.6) is 0 Å². The average molecular weight is 413 g/mol. The Morgan fingerprint density at radius 3 is 2.41 bits per heavy atom. The van der Waals surface area contributed by atoms with Gasteiger partial charge in [0.15, 0.2) is 0 Å². The first-order chi connectivity index (χ1) is 13.9. The summed E-state index contributed by atoms with van der Waals surface area (Å²) in [5, 5.41) is 8.89. The minimum atomic E-state index is -3.66. The number of benzene rings is 2. The van der Waals surface area contributed by atoms with Crippen molar-refractivity contribution in [1.82, 2.24) is 9.62 Å². The van der Waals surface area contributed by atoms with Crippen LogP contribution >= 0.6 is 0 Å². The lowest BCUT2D eigenvalue weighted by Gasteiger charge is -2.21. The van der Waals surface area contributed by atoms with Gasteiger partial charge in [0.2, 0.25) is 10.0 Å². The highest BCUT2D eigenvalue weighted by Gasteiger charge is 2.18. The Morgan fingerprint density at radius 2 is 1.86 bits per heavy atom. The number of amides is 1. The Hall–Kier alpha value is -2.99. The molecule has 0 fully saturated rings. The lowest BCUT2D eigenvalue weighted by molar-refractivity contribution is 0.0762. The molecule has 1 N–H and O–H groups in total. The maximum atomic E-state index is 12.9. The molecule has 0 spiro atoms. The lowest BCUT2D eigenvalue weighted by Crippen LogP contribution is -2.31. The standard InChI is InChI=1S/C21H23N3O4S/c1-3-13-24(16-18-6-4-17(15-22)5-7-18)21(25)19-8-10-20(11-9-19)29(26,27)23-12-14-28-2/h3-11,23H,1,12-14,16H2,2H3. The van der Waals surface area contributed by atoms with Crippen molar-refractivity contribution >= 4 is 15.9 Å². The van der Waals surface area contributed by atoms with Crippen LogP contribution in [-0.2, 0) is 21.3 Å². The van der Waals surface area contributed by atoms with E-state index >= 15 is 0 Å². The molecule has 2 aromatic carbocycles. The maximum Gasteiger partial charge on any atom is 0.254 e. The van der Waals surface area contributed by atoms with Gasteiger partial charge in [0, 0.05) is 32.3 Å². The number of sulfonamides is 1. The zero-order chi connectivity index (χ0) is 21.3. The van der Waals surface area contributed by atoms with E-state index in [0.717, 1.165) is 5.56 Å². The summed E-state index contributed by atoms with van der Waals surface area (Å²) in [5.74, 6) is -0.245. The molecule has 7 nitrogen and oxygen atoms in total. The molecule has 0 unspecified atom stereocenters. The highest BCUT2D eigenvalue weighted by molar-refractivity contribution is 7.89. The summed E-state index contributed by atoms with van der Waals surface area (Å²) in [6.45, 7) is 4.80. The molecule has 0 aliphatic rings. The summed E-state index contributed by atoms with van der Waals surface area (Å²) >= 11 is 0. The van der Waals surface area contributed by atoms with E-state index in [2.05, 4.69) is 17.4 Å². The van der Waals surface area contributed by atoms with Crippen molar-refractivity contribution in [3.63, 3.8) is 0 Å². The van der Waals surface area contributed by atoms with Gasteiger partial charge in [-0.05, 0) is 42.0 Å². The van der Waals surface area contributed by atoms with E-state index in [9.17, 15) is 13.2 Å². The number of hydrogen-bond donors (Lipinski definition) is 1. The van der Waals surface area contributed by atoms with Crippen LogP contribution in [0.25, 0.3) is 0 Å². The van der Waals surface area contributed by atoms with Crippen LogP contribution in [0.3, 0.4) is 0 Å². The first-order valence-corrected chi connectivity index (χ1v) is 10.4. The number of carbonyl (C=O) groups is 1. The second-order valence-corrected chi connectivity index (χ2v) is 7.96. The Labute approximate surface area is 171 Å². The zero-order valence-electron chi connectivity index (χ0n) is 16.2. The molecule has 8 heteroatoms. The molecule has 29 heavy (non-hydrogen) atoms. The lowest BCUT2D eigenvalue weighted by atomic mass is 10.1. The molecule has 2 aromatic rings. The molecule has 0 saturated carbocycles. The van der Waals surface area contributed by atoms with Crippen molar-refractivity contribution < 1.29 is 17.9 Å². The zero-order valence-corrected chi connectivity index (χ0v) is 17.0. The molecule has 152 valence electrons. The smallest absolute Gasteiger partial charge is 0.254 e. The predicted octanol–water partition coefficient (Wildman–Crippen LogP) is 2.31. The molecule has 0 aromatic heterocycles. The number of methoxy groups -OCH3 is 1. The van der Waals surface area contributed by atoms with Crippen LogP contribution in [0, 0.1) is 11.3 Å². The molecule has 1 amide bonds. The monoisotopic (exact) mass is 413 g/mol. The summed E-state index contributed by atoms with van der Waals surface area (Å²) in [7, 11) is -2.17. The highest BCUT2D eigenvalue weighted by atomic mass is 32.2. The van der Waals surface area contributed by atoms with Gasteiger partial charge in [-0.1, -0.05) is 18.2 Å². The molecule has 0 aliphatic heterocycles. The van der Waals surface area contributed by atoms with Gasteiger partial charge in [0.05, 0.1) is 23.1 Å². The summed E-state index contributed by atoms with van der Waals surface area (Å²) in [4.78, 5) is 14.5. The Balaban J connectivity index is 2.14. The van der Waals surface area contributed by atoms with E-state index in [-0.39, 0.29) is 24.0 Å². The van der Waals surface area contributed by atoms with Gasteiger partial charge in [0.1, 0.15) is 0 Å². The molecule has 2 rings (SSSR count). The third-order valence-electron chi connectivity index (χ3n) is 4.10. The largest absolute Gasteiger partial charge is 0.383 e. The van der Waals surface area contributed by atoms with Crippen LogP contribution in [0.2, 0.25) is 0 Å². The van der Waals surface area contributed by atoms with Gasteiger partial charge >= 0.3 is 0 Å². The fourth-order valence-electron chi connectivity index (χ4n) is 2.60. The Bertz CT molecular complexity index is 978. The molecular weight excluding hydrogens is 390 g/mol. The van der Waals surface area contributed by atoms with Crippen molar-refractivity contribution in [3.8, 4) is 6.07 Å². The van der Waals surface area contributed by atoms with Gasteiger partial charge in [-0.3, -0.25) is 4.79 Å². The number of hydrogen-bond acceptors (Lipinski definition) is 5. The van der Waals surface area contributed by atoms with Crippen LogP contribution in [-0.4, -0.2) is 46.0 Å². The Kier molecular flexibility index (Phi) is 8.09. The maximum absolute atomic E-state index is 12.9. The van der Waals surface area contributed by atoms with Crippen LogP contribution in [0.4, 0.5) is 0 Å². The summed E-state index contributed by atoms with van der Waals surface area (Å²) in [6.07, 6.45) is 1.63. The molecule has 0 atom stereocenters. The average Bonchev–Trinajstić information content (AvgIpc) is 2.73. The van der Waals surface area contributed by atoms with Crippen molar-refractivity contribution in [2.75, 3.05) is 26.8 Å². The van der Waals surface area contributed by atoms with Crippen LogP contribution < -0.4 is 4.72 Å². The summed E-state index contributed by atoms with van der Waals surface area (Å²) < 4.78 is 31.7. The van der Waals surface area contributed by atoms with E-state index < -0.39 is 10.0 Å². The van der Waals surface area contributed by atoms with Gasteiger partial charge in [-0.15, -0.1) is 6.58 Å². The molecule has 0 bridgehead atoms. The fraction of sp³-hybridized carbons (Fsp3) is 0.238. The van der Waals surface area contributed by atoms with Crippen LogP contribution in [0.1, 0.15) is 21.5 Å². The van der Waals surface area contributed by atoms with Crippen molar-refractivity contribution in [3.05, 3.63) is 77.9 Å². The third-order valence-corrected chi connectivity index (χ3v) is 5.58. The molecule has 0 heterocycles. The van der Waals surface area contributed by atoms with Gasteiger partial charge in [-0.2, -0.15) is 5.26 Å². The number of ether oxygens (including phenoxy) is 1. The van der Waals surface area contributed by atoms with Crippen molar-refractivity contribution in [1.29, 1.82) is 5.26 Å². The van der Waals surface area contributed by atoms with Gasteiger partial charge < -0.3 is 9.64 Å². The molecule has 0 aliphatic carbocycles. The van der Waals surface area contributed by atoms with E-state index in [4.69, 9.17) is 10.00 Å². The topological polar surface area (TPSA) is 99.5 Å². The number of nitrogens with one attached hydrogen (secondary N) is 1. The van der Waals surface area contributed by atoms with E-state index in [1.165, 1.54) is 31.4 Å². The molecule has 0 radical (unpaired) electrons. The molecular formula is C21H23N3O4S. The second-order valence-electron chi connectivity index (χ2n) is 6.20. The normalized spacial score (nSPS) is 10.9. The predicted molar refractivity (Wildman–Crippen MR) is 110 cm³/mol. The summed E-state index contributed by atoms with van der Waals surface area (Å²) in [6, 6.07) is 14.8. The summed E-state index contributed by atoms with van der Waals surface area (Å²) in [5.41, 5.74) is 1.79. The minimum Gasteiger partial charge on any atom is -0.383 e. The van der Waals surface area contributed by atoms with Gasteiger partial charge in [0.25, 0.3) is 5.91 Å². The second kappa shape index (κ2) is 10.5. The highest BCUT2D eigenvalue weighted by Crippen LogP contribution is 2.15. The first kappa shape index (κ1) is 22.3. The number of carbonyl (C=O) groups excluding carboxylic acids is 1. The van der Waals surface area contributed by atoms with Crippen molar-refractivity contribution in [2.24, 2.45) is 0 Å². The van der Waals surface area contributed by atoms with E-state index in [1.807, 2.05) is 0 Å². The number of nitriles is 1. The Morgan fingerprint density at radius 1 is 1.21 bits per heavy atom. The van der Waals surface area contributed by atoms with Gasteiger partial charge in [-0.25, -0.2) is 13.1 Å². The van der Waals surface area contributed by atoms with E-state index in [0.29, 0.717) is 24.2 Å². The number of nitrogens with zero attached hydrogens (tertiary/aromatic N) is 2. The third kappa shape index (κ3) is 6.26. The quantitative estimate of drug-likeness (QED) is 0.476. The SMILES string of the molecule is C=CCN(Cc1ccc(C#N)cc1)C(=O)c1ccc(S(=O)(=O)NCCOC)cc1. The van der Waals surface area contributed by atoms with Crippen LogP contribution in [0.15, 0.2) is 66.1 Å². The fourth-order valence-corrected chi connectivity index (χ4v) is 3.61. The number of rotatable bonds is 10. The first-order valence-electron chi connectivity index (χ1n) is 8.89. The molecule has 0 saturated heterocycles. The van der Waals surface area contributed by atoms with E-state index in [1.54, 1.807) is 35.2 Å². The van der Waals surface area contributed by atoms with Crippen molar-refractivity contribution in [2.45, 2.75) is 11.4 Å². The minimum absolute atomic E-state index is 0.0764.